The number of fused-ring (bicyclic) bond motifs is 2. The molecule has 7 rings (SSSR count). The van der Waals surface area contributed by atoms with E-state index in [4.69, 9.17) is 4.74 Å². The van der Waals surface area contributed by atoms with Crippen molar-refractivity contribution in [2.45, 2.75) is 25.4 Å². The van der Waals surface area contributed by atoms with Crippen molar-refractivity contribution >= 4 is 33.7 Å². The number of morpholine rings is 1. The number of likely N-dealkylation sites (tertiary alicyclic amines) is 1. The number of nitrogens with one attached hydrogen (secondary N) is 3. The third-order valence-electron chi connectivity index (χ3n) is 8.19. The van der Waals surface area contributed by atoms with Gasteiger partial charge < -0.3 is 24.9 Å². The summed E-state index contributed by atoms with van der Waals surface area (Å²) in [6, 6.07) is 15.1. The number of piperidine rings is 1. The highest BCUT2D eigenvalue weighted by molar-refractivity contribution is 5.94. The Bertz CT molecular complexity index is 1750. The van der Waals surface area contributed by atoms with Crippen LogP contribution in [0.25, 0.3) is 44.6 Å². The fraction of sp³-hybridized carbons (Fsp3) is 0.312. The molecule has 10 nitrogen and oxygen atoms in total. The van der Waals surface area contributed by atoms with Gasteiger partial charge in [0.25, 0.3) is 0 Å². The van der Waals surface area contributed by atoms with Gasteiger partial charge in [-0.25, -0.2) is 9.97 Å². The fourth-order valence-corrected chi connectivity index (χ4v) is 6.10. The Labute approximate surface area is 243 Å². The number of ether oxygens (including phenoxy) is 1. The maximum Gasteiger partial charge on any atom is 0.243 e. The fourth-order valence-electron chi connectivity index (χ4n) is 6.10. The molecule has 0 unspecified atom stereocenters. The maximum absolute atomic E-state index is 11.8. The quantitative estimate of drug-likeness (QED) is 0.254. The molecular formula is C32H34N8O2. The molecule has 2 saturated heterocycles. The van der Waals surface area contributed by atoms with Crippen LogP contribution in [-0.4, -0.2) is 81.2 Å². The Balaban J connectivity index is 1.11. The SMILES string of the molecule is C=CC(=O)N[C@@H]1CCCN(Cc2ccnc(-c3cc4cc(-c5cc6c(N7CCOCC7)ncnc6[nH]5)ccc4[nH]3)c2)C1. The number of pyridine rings is 1. The summed E-state index contributed by atoms with van der Waals surface area (Å²) in [6.07, 6.45) is 6.90. The highest BCUT2D eigenvalue weighted by Crippen LogP contribution is 2.32. The molecule has 4 aromatic heterocycles. The molecule has 0 bridgehead atoms. The Morgan fingerprint density at radius 2 is 1.95 bits per heavy atom. The highest BCUT2D eigenvalue weighted by atomic mass is 16.5. The van der Waals surface area contributed by atoms with E-state index in [9.17, 15) is 4.79 Å². The molecule has 5 aromatic rings. The standard InChI is InChI=1S/C32H34N8O2/c1-2-30(41)36-24-4-3-9-39(19-24)18-21-7-8-33-28(14-21)29-16-23-15-22(5-6-26(23)37-29)27-17-25-31(38-27)34-20-35-32(25)40-10-12-42-13-11-40/h2,5-8,14-17,20,24,37H,1,3-4,9-13,18-19H2,(H,36,41)(H,34,35,38)/t24-/m1/s1. The second-order valence-corrected chi connectivity index (χ2v) is 11.1. The van der Waals surface area contributed by atoms with Crippen LogP contribution in [0.15, 0.2) is 67.6 Å². The van der Waals surface area contributed by atoms with Crippen molar-refractivity contribution in [3.63, 3.8) is 0 Å². The van der Waals surface area contributed by atoms with Gasteiger partial charge in [-0.05, 0) is 73.0 Å². The van der Waals surface area contributed by atoms with Gasteiger partial charge in [0.1, 0.15) is 17.8 Å². The Hall–Kier alpha value is -4.54. The predicted molar refractivity (Wildman–Crippen MR) is 164 cm³/mol. The highest BCUT2D eigenvalue weighted by Gasteiger charge is 2.21. The van der Waals surface area contributed by atoms with Crippen LogP contribution in [-0.2, 0) is 16.1 Å². The summed E-state index contributed by atoms with van der Waals surface area (Å²) in [5.41, 5.74) is 7.08. The van der Waals surface area contributed by atoms with E-state index in [0.29, 0.717) is 13.2 Å². The number of hydrogen-bond acceptors (Lipinski definition) is 7. The van der Waals surface area contributed by atoms with Gasteiger partial charge in [-0.2, -0.15) is 0 Å². The van der Waals surface area contributed by atoms with Gasteiger partial charge in [-0.15, -0.1) is 0 Å². The lowest BCUT2D eigenvalue weighted by atomic mass is 10.0. The Morgan fingerprint density at radius 1 is 1.05 bits per heavy atom. The molecule has 0 radical (unpaired) electrons. The van der Waals surface area contributed by atoms with Crippen molar-refractivity contribution in [3.8, 4) is 22.6 Å². The number of benzene rings is 1. The van der Waals surface area contributed by atoms with Crippen LogP contribution >= 0.6 is 0 Å². The average Bonchev–Trinajstić information content (AvgIpc) is 3.66. The molecule has 1 amide bonds. The molecule has 0 aliphatic carbocycles. The summed E-state index contributed by atoms with van der Waals surface area (Å²) >= 11 is 0. The minimum atomic E-state index is -0.106. The molecule has 2 fully saturated rings. The summed E-state index contributed by atoms with van der Waals surface area (Å²) in [4.78, 5) is 37.2. The summed E-state index contributed by atoms with van der Waals surface area (Å²) in [5.74, 6) is 0.842. The second kappa shape index (κ2) is 11.4. The molecule has 0 spiro atoms. The number of rotatable bonds is 7. The van der Waals surface area contributed by atoms with E-state index < -0.39 is 0 Å². The number of nitrogens with zero attached hydrogens (tertiary/aromatic N) is 5. The van der Waals surface area contributed by atoms with Crippen molar-refractivity contribution in [1.82, 2.24) is 35.1 Å². The Morgan fingerprint density at radius 3 is 2.83 bits per heavy atom. The van der Waals surface area contributed by atoms with E-state index in [1.54, 1.807) is 6.33 Å². The number of amides is 1. The molecular weight excluding hydrogens is 528 g/mol. The van der Waals surface area contributed by atoms with Crippen molar-refractivity contribution in [3.05, 3.63) is 73.2 Å². The molecule has 1 atom stereocenters. The largest absolute Gasteiger partial charge is 0.378 e. The Kier molecular flexibility index (Phi) is 7.15. The number of H-pyrrole nitrogens is 2. The minimum Gasteiger partial charge on any atom is -0.378 e. The number of anilines is 1. The van der Waals surface area contributed by atoms with E-state index in [2.05, 4.69) is 89.1 Å². The van der Waals surface area contributed by atoms with Gasteiger partial charge in [-0.1, -0.05) is 12.6 Å². The van der Waals surface area contributed by atoms with Crippen LogP contribution in [0.5, 0.6) is 0 Å². The summed E-state index contributed by atoms with van der Waals surface area (Å²) in [7, 11) is 0. The van der Waals surface area contributed by atoms with Gasteiger partial charge in [0.15, 0.2) is 0 Å². The number of carbonyl (C=O) groups is 1. The first kappa shape index (κ1) is 26.4. The van der Waals surface area contributed by atoms with Crippen LogP contribution in [0.4, 0.5) is 5.82 Å². The topological polar surface area (TPSA) is 115 Å². The van der Waals surface area contributed by atoms with E-state index in [-0.39, 0.29) is 11.9 Å². The van der Waals surface area contributed by atoms with Gasteiger partial charge in [-0.3, -0.25) is 14.7 Å². The zero-order valence-corrected chi connectivity index (χ0v) is 23.5. The lowest BCUT2D eigenvalue weighted by Crippen LogP contribution is -2.46. The first-order valence-electron chi connectivity index (χ1n) is 14.5. The molecule has 1 aromatic carbocycles. The van der Waals surface area contributed by atoms with E-state index in [1.165, 1.54) is 11.6 Å². The smallest absolute Gasteiger partial charge is 0.243 e. The molecule has 0 saturated carbocycles. The lowest BCUT2D eigenvalue weighted by molar-refractivity contribution is -0.117. The number of aromatic nitrogens is 5. The number of hydrogen-bond donors (Lipinski definition) is 3. The molecule has 42 heavy (non-hydrogen) atoms. The number of aromatic amines is 2. The zero-order chi connectivity index (χ0) is 28.5. The van der Waals surface area contributed by atoms with Crippen molar-refractivity contribution in [1.29, 1.82) is 0 Å². The summed E-state index contributed by atoms with van der Waals surface area (Å²) in [6.45, 7) is 9.30. The van der Waals surface area contributed by atoms with Gasteiger partial charge in [0.2, 0.25) is 5.91 Å². The van der Waals surface area contributed by atoms with E-state index in [1.807, 2.05) is 6.20 Å². The molecule has 3 N–H and O–H groups in total. The monoisotopic (exact) mass is 562 g/mol. The first-order valence-corrected chi connectivity index (χ1v) is 14.5. The summed E-state index contributed by atoms with van der Waals surface area (Å²) in [5, 5.41) is 5.18. The third-order valence-corrected chi connectivity index (χ3v) is 8.19. The summed E-state index contributed by atoms with van der Waals surface area (Å²) < 4.78 is 5.52. The van der Waals surface area contributed by atoms with Gasteiger partial charge >= 0.3 is 0 Å². The van der Waals surface area contributed by atoms with Crippen LogP contribution in [0.3, 0.4) is 0 Å². The van der Waals surface area contributed by atoms with Crippen LogP contribution in [0.2, 0.25) is 0 Å². The molecule has 2 aliphatic rings. The molecule has 2 aliphatic heterocycles. The number of carbonyl (C=O) groups excluding carboxylic acids is 1. The maximum atomic E-state index is 11.8. The van der Waals surface area contributed by atoms with Gasteiger partial charge in [0.05, 0.1) is 30.0 Å². The van der Waals surface area contributed by atoms with Crippen LogP contribution in [0, 0.1) is 0 Å². The van der Waals surface area contributed by atoms with Crippen molar-refractivity contribution in [2.75, 3.05) is 44.3 Å². The molecule has 10 heteroatoms. The normalized spacial score (nSPS) is 18.0. The third kappa shape index (κ3) is 5.38. The second-order valence-electron chi connectivity index (χ2n) is 11.1. The first-order chi connectivity index (χ1) is 20.6. The minimum absolute atomic E-state index is 0.106. The van der Waals surface area contributed by atoms with Crippen molar-refractivity contribution in [2.24, 2.45) is 0 Å². The van der Waals surface area contributed by atoms with E-state index in [0.717, 1.165) is 96.0 Å². The average molecular weight is 563 g/mol. The molecule has 6 heterocycles. The zero-order valence-electron chi connectivity index (χ0n) is 23.5. The van der Waals surface area contributed by atoms with E-state index >= 15 is 0 Å². The van der Waals surface area contributed by atoms with Crippen LogP contribution < -0.4 is 10.2 Å². The predicted octanol–water partition coefficient (Wildman–Crippen LogP) is 4.27. The van der Waals surface area contributed by atoms with Gasteiger partial charge in [0, 0.05) is 55.0 Å². The molecule has 214 valence electrons. The van der Waals surface area contributed by atoms with Crippen molar-refractivity contribution < 1.29 is 9.53 Å². The van der Waals surface area contributed by atoms with Crippen LogP contribution in [0.1, 0.15) is 18.4 Å². The lowest BCUT2D eigenvalue weighted by Gasteiger charge is -2.33.